The van der Waals surface area contributed by atoms with Gasteiger partial charge in [0.05, 0.1) is 5.69 Å². The van der Waals surface area contributed by atoms with E-state index in [1.54, 1.807) is 17.7 Å². The average molecular weight is 264 g/mol. The lowest BCUT2D eigenvalue weighted by Gasteiger charge is -2.06. The lowest BCUT2D eigenvalue weighted by Crippen LogP contribution is -2.00. The Morgan fingerprint density at radius 1 is 1.44 bits per heavy atom. The van der Waals surface area contributed by atoms with Gasteiger partial charge in [0.2, 0.25) is 0 Å². The normalized spacial score (nSPS) is 10.1. The summed E-state index contributed by atoms with van der Waals surface area (Å²) in [7, 11) is 1.79. The van der Waals surface area contributed by atoms with Crippen LogP contribution in [-0.4, -0.2) is 4.57 Å². The van der Waals surface area contributed by atoms with E-state index in [0.717, 1.165) is 5.56 Å². The first kappa shape index (κ1) is 12.5. The summed E-state index contributed by atoms with van der Waals surface area (Å²) >= 11 is 5.80. The topological polar surface area (TPSA) is 40.8 Å². The van der Waals surface area contributed by atoms with E-state index in [0.29, 0.717) is 22.9 Å². The Balaban J connectivity index is 2.11. The van der Waals surface area contributed by atoms with Gasteiger partial charge in [0.15, 0.2) is 0 Å². The third-order valence-corrected chi connectivity index (χ3v) is 2.82. The molecule has 0 radical (unpaired) electrons. The van der Waals surface area contributed by atoms with Gasteiger partial charge in [-0.3, -0.25) is 0 Å². The monoisotopic (exact) mass is 263 g/mol. The molecule has 0 spiro atoms. The molecule has 18 heavy (non-hydrogen) atoms. The zero-order valence-corrected chi connectivity index (χ0v) is 10.5. The second kappa shape index (κ2) is 5.11. The largest absolute Gasteiger partial charge is 0.378 e. The van der Waals surface area contributed by atoms with E-state index in [9.17, 15) is 4.39 Å². The molecule has 0 amide bonds. The van der Waals surface area contributed by atoms with Crippen molar-refractivity contribution in [2.24, 2.45) is 7.05 Å². The van der Waals surface area contributed by atoms with Crippen molar-refractivity contribution in [1.82, 2.24) is 4.57 Å². The molecule has 0 aliphatic rings. The van der Waals surface area contributed by atoms with Crippen LogP contribution in [0.15, 0.2) is 30.5 Å². The van der Waals surface area contributed by atoms with Crippen LogP contribution in [0.4, 0.5) is 10.1 Å². The fourth-order valence-electron chi connectivity index (χ4n) is 1.67. The highest BCUT2D eigenvalue weighted by Crippen LogP contribution is 2.20. The maximum atomic E-state index is 13.4. The van der Waals surface area contributed by atoms with Crippen LogP contribution in [0.3, 0.4) is 0 Å². The van der Waals surface area contributed by atoms with Gasteiger partial charge in [-0.15, -0.1) is 0 Å². The summed E-state index contributed by atoms with van der Waals surface area (Å²) in [6, 6.07) is 8.18. The molecule has 0 aliphatic heterocycles. The molecule has 0 saturated carbocycles. The van der Waals surface area contributed by atoms with E-state index in [4.69, 9.17) is 16.9 Å². The molecule has 3 nitrogen and oxygen atoms in total. The highest BCUT2D eigenvalue weighted by Gasteiger charge is 2.05. The number of halogens is 2. The predicted octanol–water partition coefficient (Wildman–Crippen LogP) is 3.30. The number of rotatable bonds is 3. The molecular weight excluding hydrogens is 253 g/mol. The van der Waals surface area contributed by atoms with Gasteiger partial charge >= 0.3 is 0 Å². The van der Waals surface area contributed by atoms with E-state index in [2.05, 4.69) is 11.4 Å². The Kier molecular flexibility index (Phi) is 3.54. The minimum absolute atomic E-state index is 0.351. The fraction of sp³-hybridized carbons (Fsp3) is 0.154. The van der Waals surface area contributed by atoms with Gasteiger partial charge in [-0.05, 0) is 29.8 Å². The summed E-state index contributed by atoms with van der Waals surface area (Å²) < 4.78 is 15.2. The standard InChI is InChI=1S/C13H11ClFN3/c1-18-8-9(4-11(18)6-16)7-17-13-5-10(14)2-3-12(13)15/h2-5,8,17H,7H2,1H3. The Bertz CT molecular complexity index is 613. The van der Waals surface area contributed by atoms with E-state index in [-0.39, 0.29) is 5.82 Å². The molecule has 2 aromatic rings. The highest BCUT2D eigenvalue weighted by atomic mass is 35.5. The number of benzene rings is 1. The first-order chi connectivity index (χ1) is 8.60. The Hall–Kier alpha value is -1.99. The molecule has 2 rings (SSSR count). The summed E-state index contributed by atoms with van der Waals surface area (Å²) in [5.41, 5.74) is 1.83. The van der Waals surface area contributed by atoms with Crippen LogP contribution in [0.25, 0.3) is 0 Å². The van der Waals surface area contributed by atoms with Crippen molar-refractivity contribution in [3.8, 4) is 6.07 Å². The molecule has 0 saturated heterocycles. The van der Waals surface area contributed by atoms with Crippen LogP contribution in [0, 0.1) is 17.1 Å². The Morgan fingerprint density at radius 3 is 2.89 bits per heavy atom. The van der Waals surface area contributed by atoms with Crippen molar-refractivity contribution < 1.29 is 4.39 Å². The number of aromatic nitrogens is 1. The second-order valence-electron chi connectivity index (χ2n) is 3.93. The van der Waals surface area contributed by atoms with Gasteiger partial charge in [0.25, 0.3) is 0 Å². The quantitative estimate of drug-likeness (QED) is 0.923. The van der Waals surface area contributed by atoms with Crippen LogP contribution in [0.1, 0.15) is 11.3 Å². The number of hydrogen-bond donors (Lipinski definition) is 1. The van der Waals surface area contributed by atoms with E-state index < -0.39 is 0 Å². The number of nitrogens with zero attached hydrogens (tertiary/aromatic N) is 2. The molecule has 1 heterocycles. The van der Waals surface area contributed by atoms with Crippen LogP contribution >= 0.6 is 11.6 Å². The fourth-order valence-corrected chi connectivity index (χ4v) is 1.84. The van der Waals surface area contributed by atoms with Gasteiger partial charge in [-0.2, -0.15) is 5.26 Å². The molecule has 0 aliphatic carbocycles. The second-order valence-corrected chi connectivity index (χ2v) is 4.37. The van der Waals surface area contributed by atoms with Crippen LogP contribution in [0.2, 0.25) is 5.02 Å². The Labute approximate surface area is 109 Å². The molecule has 0 atom stereocenters. The third kappa shape index (κ3) is 2.63. The van der Waals surface area contributed by atoms with Gasteiger partial charge in [-0.25, -0.2) is 4.39 Å². The van der Waals surface area contributed by atoms with Gasteiger partial charge < -0.3 is 9.88 Å². The van der Waals surface area contributed by atoms with Gasteiger partial charge in [0, 0.05) is 24.8 Å². The van der Waals surface area contributed by atoms with Crippen LogP contribution < -0.4 is 5.32 Å². The summed E-state index contributed by atoms with van der Waals surface area (Å²) in [5.74, 6) is -0.351. The maximum Gasteiger partial charge on any atom is 0.146 e. The van der Waals surface area contributed by atoms with E-state index in [1.807, 2.05) is 6.20 Å². The van der Waals surface area contributed by atoms with Crippen molar-refractivity contribution >= 4 is 17.3 Å². The zero-order valence-electron chi connectivity index (χ0n) is 9.74. The first-order valence-electron chi connectivity index (χ1n) is 5.34. The van der Waals surface area contributed by atoms with Crippen molar-refractivity contribution in [1.29, 1.82) is 5.26 Å². The van der Waals surface area contributed by atoms with E-state index in [1.165, 1.54) is 18.2 Å². The molecular formula is C13H11ClFN3. The predicted molar refractivity (Wildman–Crippen MR) is 68.9 cm³/mol. The number of nitrogens with one attached hydrogen (secondary N) is 1. The van der Waals surface area contributed by atoms with Crippen LogP contribution in [0.5, 0.6) is 0 Å². The van der Waals surface area contributed by atoms with Crippen LogP contribution in [-0.2, 0) is 13.6 Å². The molecule has 5 heteroatoms. The minimum Gasteiger partial charge on any atom is -0.378 e. The van der Waals surface area contributed by atoms with E-state index >= 15 is 0 Å². The molecule has 92 valence electrons. The first-order valence-corrected chi connectivity index (χ1v) is 5.72. The Morgan fingerprint density at radius 2 is 2.22 bits per heavy atom. The smallest absolute Gasteiger partial charge is 0.146 e. The summed E-state index contributed by atoms with van der Waals surface area (Å²) in [4.78, 5) is 0. The minimum atomic E-state index is -0.351. The number of aryl methyl sites for hydroxylation is 1. The summed E-state index contributed by atoms with van der Waals surface area (Å²) in [5, 5.41) is 12.3. The van der Waals surface area contributed by atoms with Crippen molar-refractivity contribution in [3.63, 3.8) is 0 Å². The third-order valence-electron chi connectivity index (χ3n) is 2.59. The zero-order chi connectivity index (χ0) is 13.1. The SMILES string of the molecule is Cn1cc(CNc2cc(Cl)ccc2F)cc1C#N. The molecule has 0 fully saturated rings. The molecule has 1 N–H and O–H groups in total. The van der Waals surface area contributed by atoms with Crippen molar-refractivity contribution in [2.45, 2.75) is 6.54 Å². The average Bonchev–Trinajstić information content (AvgIpc) is 2.71. The summed E-state index contributed by atoms with van der Waals surface area (Å²) in [6.45, 7) is 0.437. The number of hydrogen-bond acceptors (Lipinski definition) is 2. The van der Waals surface area contributed by atoms with Gasteiger partial charge in [0.1, 0.15) is 17.6 Å². The molecule has 1 aromatic carbocycles. The molecule has 0 bridgehead atoms. The van der Waals surface area contributed by atoms with Gasteiger partial charge in [-0.1, -0.05) is 11.6 Å². The number of anilines is 1. The number of nitriles is 1. The van der Waals surface area contributed by atoms with Crippen molar-refractivity contribution in [3.05, 3.63) is 52.6 Å². The maximum absolute atomic E-state index is 13.4. The highest BCUT2D eigenvalue weighted by molar-refractivity contribution is 6.30. The van der Waals surface area contributed by atoms with Crippen molar-refractivity contribution in [2.75, 3.05) is 5.32 Å². The molecule has 0 unspecified atom stereocenters. The molecule has 1 aromatic heterocycles. The lowest BCUT2D eigenvalue weighted by atomic mass is 10.2. The lowest BCUT2D eigenvalue weighted by molar-refractivity contribution is 0.630. The summed E-state index contributed by atoms with van der Waals surface area (Å²) in [6.07, 6.45) is 1.83.